The number of anilines is 1. The molecule has 0 aliphatic carbocycles. The number of fused-ring (bicyclic) bond motifs is 5. The third kappa shape index (κ3) is 2.28. The molecule has 3 heterocycles. The summed E-state index contributed by atoms with van der Waals surface area (Å²) in [7, 11) is 0. The fraction of sp³-hybridized carbons (Fsp3) is 0.333. The van der Waals surface area contributed by atoms with Gasteiger partial charge in [-0.2, -0.15) is 0 Å². The summed E-state index contributed by atoms with van der Waals surface area (Å²) < 4.78 is 20.4. The molecule has 9 heteroatoms. The number of carboxylic acid groups (broad SMARTS) is 1. The first kappa shape index (κ1) is 15.7. The molecule has 1 aromatic carbocycles. The van der Waals surface area contributed by atoms with Gasteiger partial charge in [0, 0.05) is 25.0 Å². The van der Waals surface area contributed by atoms with Crippen LogP contribution in [0.4, 0.5) is 14.9 Å². The van der Waals surface area contributed by atoms with Gasteiger partial charge >= 0.3 is 6.09 Å². The summed E-state index contributed by atoms with van der Waals surface area (Å²) in [6, 6.07) is 1.53. The highest BCUT2D eigenvalue weighted by atomic mass is 79.9. The quantitative estimate of drug-likeness (QED) is 0.667. The van der Waals surface area contributed by atoms with Crippen LogP contribution in [0.5, 0.6) is 5.75 Å². The van der Waals surface area contributed by atoms with E-state index in [0.717, 1.165) is 5.69 Å². The maximum atomic E-state index is 14.5. The van der Waals surface area contributed by atoms with E-state index in [9.17, 15) is 14.3 Å². The van der Waals surface area contributed by atoms with Crippen molar-refractivity contribution in [1.82, 2.24) is 9.88 Å². The third-order valence-electron chi connectivity index (χ3n) is 4.41. The number of halogens is 3. The molecule has 1 atom stereocenters. The molecule has 4 rings (SSSR count). The van der Waals surface area contributed by atoms with Crippen molar-refractivity contribution < 1.29 is 19.0 Å². The minimum Gasteiger partial charge on any atom is -0.488 e. The first-order valence-corrected chi connectivity index (χ1v) is 8.48. The molecule has 24 heavy (non-hydrogen) atoms. The topological polar surface area (TPSA) is 65.9 Å². The van der Waals surface area contributed by atoms with Gasteiger partial charge in [-0.15, -0.1) is 0 Å². The van der Waals surface area contributed by atoms with Gasteiger partial charge in [-0.3, -0.25) is 0 Å². The lowest BCUT2D eigenvalue weighted by molar-refractivity contribution is 0.123. The highest BCUT2D eigenvalue weighted by Crippen LogP contribution is 2.43. The van der Waals surface area contributed by atoms with Crippen molar-refractivity contribution in [3.63, 3.8) is 0 Å². The molecule has 1 N–H and O–H groups in total. The summed E-state index contributed by atoms with van der Waals surface area (Å²) in [5.41, 5.74) is 0.921. The molecule has 2 aliphatic heterocycles. The van der Waals surface area contributed by atoms with Gasteiger partial charge in [-0.25, -0.2) is 14.2 Å². The van der Waals surface area contributed by atoms with Crippen LogP contribution in [0.2, 0.25) is 5.02 Å². The Balaban J connectivity index is 1.86. The Hall–Kier alpha value is -1.80. The Morgan fingerprint density at radius 3 is 3.04 bits per heavy atom. The van der Waals surface area contributed by atoms with Crippen molar-refractivity contribution in [2.24, 2.45) is 0 Å². The molecule has 0 unspecified atom stereocenters. The number of ether oxygens (including phenoxy) is 1. The van der Waals surface area contributed by atoms with Crippen molar-refractivity contribution in [3.05, 3.63) is 27.6 Å². The zero-order valence-corrected chi connectivity index (χ0v) is 14.6. The predicted octanol–water partition coefficient (Wildman–Crippen LogP) is 3.35. The van der Waals surface area contributed by atoms with E-state index in [-0.39, 0.29) is 21.1 Å². The zero-order chi connectivity index (χ0) is 17.0. The van der Waals surface area contributed by atoms with Crippen molar-refractivity contribution in [3.8, 4) is 5.75 Å². The first-order chi connectivity index (χ1) is 11.5. The van der Waals surface area contributed by atoms with E-state index in [2.05, 4.69) is 25.8 Å². The van der Waals surface area contributed by atoms with Crippen molar-refractivity contribution >= 4 is 50.2 Å². The number of carbonyl (C=O) groups is 1. The molecular formula is C15H12BrClFN3O3. The maximum Gasteiger partial charge on any atom is 0.407 e. The number of rotatable bonds is 0. The van der Waals surface area contributed by atoms with E-state index in [4.69, 9.17) is 16.3 Å². The Morgan fingerprint density at radius 2 is 2.29 bits per heavy atom. The SMILES string of the molecule is O=C(O)N1CCN2c3c(cnc4c(F)c(Br)c(Cl)cc34)OC[C@H]2C1. The van der Waals surface area contributed by atoms with Crippen LogP contribution in [-0.4, -0.2) is 53.4 Å². The van der Waals surface area contributed by atoms with Crippen LogP contribution in [-0.2, 0) is 0 Å². The van der Waals surface area contributed by atoms with E-state index in [1.54, 1.807) is 6.07 Å². The van der Waals surface area contributed by atoms with Gasteiger partial charge < -0.3 is 19.6 Å². The average Bonchev–Trinajstić information content (AvgIpc) is 2.58. The van der Waals surface area contributed by atoms with Crippen LogP contribution in [0.25, 0.3) is 10.9 Å². The van der Waals surface area contributed by atoms with Crippen LogP contribution < -0.4 is 9.64 Å². The number of hydrogen-bond acceptors (Lipinski definition) is 4. The normalized spacial score (nSPS) is 19.7. The Kier molecular flexibility index (Phi) is 3.69. The lowest BCUT2D eigenvalue weighted by Crippen LogP contribution is -2.58. The van der Waals surface area contributed by atoms with E-state index in [1.165, 1.54) is 11.1 Å². The molecule has 0 bridgehead atoms. The molecule has 0 radical (unpaired) electrons. The van der Waals surface area contributed by atoms with Crippen LogP contribution >= 0.6 is 27.5 Å². The second-order valence-electron chi connectivity index (χ2n) is 5.74. The van der Waals surface area contributed by atoms with E-state index < -0.39 is 11.9 Å². The standard InChI is InChI=1S/C15H12BrClFN3O3/c16-11-9(17)3-8-13(12(11)18)19-4-10-14(8)21-2-1-20(15(22)23)5-7(21)6-24-10/h3-4,7H,1-2,5-6H2,(H,22,23)/t7-/m1/s1. The largest absolute Gasteiger partial charge is 0.488 e. The van der Waals surface area contributed by atoms with Gasteiger partial charge in [0.2, 0.25) is 0 Å². The molecule has 0 spiro atoms. The van der Waals surface area contributed by atoms with Gasteiger partial charge in [0.1, 0.15) is 12.1 Å². The summed E-state index contributed by atoms with van der Waals surface area (Å²) in [4.78, 5) is 18.8. The highest BCUT2D eigenvalue weighted by molar-refractivity contribution is 9.10. The number of piperazine rings is 1. The molecule has 126 valence electrons. The minimum atomic E-state index is -0.946. The average molecular weight is 417 g/mol. The Labute approximate surface area is 149 Å². The number of aromatic nitrogens is 1. The van der Waals surface area contributed by atoms with Crippen molar-refractivity contribution in [2.75, 3.05) is 31.1 Å². The van der Waals surface area contributed by atoms with Crippen molar-refractivity contribution in [2.45, 2.75) is 6.04 Å². The summed E-state index contributed by atoms with van der Waals surface area (Å²) in [6.45, 7) is 1.58. The van der Waals surface area contributed by atoms with Gasteiger partial charge in [0.05, 0.1) is 27.4 Å². The molecule has 1 amide bonds. The van der Waals surface area contributed by atoms with Crippen molar-refractivity contribution in [1.29, 1.82) is 0 Å². The van der Waals surface area contributed by atoms with E-state index >= 15 is 0 Å². The number of benzene rings is 1. The number of hydrogen-bond donors (Lipinski definition) is 1. The Bertz CT molecular complexity index is 866. The summed E-state index contributed by atoms with van der Waals surface area (Å²) in [5, 5.41) is 10.00. The minimum absolute atomic E-state index is 0.126. The second kappa shape index (κ2) is 5.63. The third-order valence-corrected chi connectivity index (χ3v) is 5.71. The summed E-state index contributed by atoms with van der Waals surface area (Å²) >= 11 is 9.24. The molecular weight excluding hydrogens is 405 g/mol. The fourth-order valence-corrected chi connectivity index (χ4v) is 3.76. The lowest BCUT2D eigenvalue weighted by Gasteiger charge is -2.45. The molecule has 1 aromatic heterocycles. The molecule has 1 fully saturated rings. The van der Waals surface area contributed by atoms with E-state index in [1.807, 2.05) is 0 Å². The molecule has 1 saturated heterocycles. The number of nitrogens with zero attached hydrogens (tertiary/aromatic N) is 3. The summed E-state index contributed by atoms with van der Waals surface area (Å²) in [5.74, 6) is 0.0342. The fourth-order valence-electron chi connectivity index (χ4n) is 3.26. The summed E-state index contributed by atoms with van der Waals surface area (Å²) in [6.07, 6.45) is 0.555. The molecule has 0 saturated carbocycles. The van der Waals surface area contributed by atoms with Gasteiger partial charge in [-0.1, -0.05) is 11.6 Å². The van der Waals surface area contributed by atoms with Gasteiger partial charge in [-0.05, 0) is 22.0 Å². The zero-order valence-electron chi connectivity index (χ0n) is 12.3. The maximum absolute atomic E-state index is 14.5. The Morgan fingerprint density at radius 1 is 1.50 bits per heavy atom. The van der Waals surface area contributed by atoms with Gasteiger partial charge in [0.25, 0.3) is 0 Å². The highest BCUT2D eigenvalue weighted by Gasteiger charge is 2.36. The van der Waals surface area contributed by atoms with Gasteiger partial charge in [0.15, 0.2) is 11.6 Å². The van der Waals surface area contributed by atoms with Crippen LogP contribution in [0.3, 0.4) is 0 Å². The predicted molar refractivity (Wildman–Crippen MR) is 90.6 cm³/mol. The number of amides is 1. The smallest absolute Gasteiger partial charge is 0.407 e. The lowest BCUT2D eigenvalue weighted by atomic mass is 10.1. The van der Waals surface area contributed by atoms with Crippen LogP contribution in [0.15, 0.2) is 16.7 Å². The second-order valence-corrected chi connectivity index (χ2v) is 6.94. The number of pyridine rings is 1. The monoisotopic (exact) mass is 415 g/mol. The van der Waals surface area contributed by atoms with E-state index in [0.29, 0.717) is 37.4 Å². The molecule has 2 aromatic rings. The first-order valence-electron chi connectivity index (χ1n) is 7.31. The molecule has 6 nitrogen and oxygen atoms in total. The van der Waals surface area contributed by atoms with Crippen LogP contribution in [0.1, 0.15) is 0 Å². The van der Waals surface area contributed by atoms with Crippen LogP contribution in [0, 0.1) is 5.82 Å². The molecule has 2 aliphatic rings.